The van der Waals surface area contributed by atoms with Gasteiger partial charge in [-0.1, -0.05) is 23.7 Å². The van der Waals surface area contributed by atoms with E-state index in [9.17, 15) is 29.3 Å². The van der Waals surface area contributed by atoms with Crippen molar-refractivity contribution in [3.8, 4) is 11.5 Å². The molecule has 1 aliphatic heterocycles. The maximum Gasteiger partial charge on any atom is 0.335 e. The lowest BCUT2D eigenvalue weighted by Gasteiger charge is -2.26. The highest BCUT2D eigenvalue weighted by atomic mass is 35.5. The van der Waals surface area contributed by atoms with E-state index < -0.39 is 34.2 Å². The molecule has 3 aromatic carbocycles. The highest BCUT2D eigenvalue weighted by Crippen LogP contribution is 2.29. The summed E-state index contributed by atoms with van der Waals surface area (Å²) in [6.07, 6.45) is 1.21. The van der Waals surface area contributed by atoms with Crippen LogP contribution < -0.4 is 25.0 Å². The molecule has 13 heteroatoms. The fourth-order valence-electron chi connectivity index (χ4n) is 3.54. The lowest BCUT2D eigenvalue weighted by atomic mass is 10.1. The number of benzene rings is 3. The summed E-state index contributed by atoms with van der Waals surface area (Å²) in [6.45, 7) is -0.340. The van der Waals surface area contributed by atoms with Crippen LogP contribution >= 0.6 is 11.6 Å². The summed E-state index contributed by atoms with van der Waals surface area (Å²) in [7, 11) is 1.53. The predicted molar refractivity (Wildman–Crippen MR) is 141 cm³/mol. The SMILES string of the molecule is COc1ccc(NC(=O)COc2ccc(/C=C3/C(=O)NC(=O)N(c4cccc([N+](=O)[O-])c4)C3=O)cc2Cl)cc1. The Bertz CT molecular complexity index is 1520. The van der Waals surface area contributed by atoms with Crippen molar-refractivity contribution >= 4 is 58.5 Å². The molecule has 0 radical (unpaired) electrons. The molecule has 12 nitrogen and oxygen atoms in total. The van der Waals surface area contributed by atoms with Crippen LogP contribution in [0.1, 0.15) is 5.56 Å². The molecule has 0 spiro atoms. The normalized spacial score (nSPS) is 14.2. The van der Waals surface area contributed by atoms with Crippen molar-refractivity contribution in [3.05, 3.63) is 93.0 Å². The largest absolute Gasteiger partial charge is 0.497 e. The number of carbonyl (C=O) groups is 4. The third-order valence-corrected chi connectivity index (χ3v) is 5.70. The fraction of sp³-hybridized carbons (Fsp3) is 0.0769. The number of halogens is 1. The number of hydrogen-bond acceptors (Lipinski definition) is 8. The molecule has 0 aromatic heterocycles. The van der Waals surface area contributed by atoms with Crippen LogP contribution in [0, 0.1) is 10.1 Å². The topological polar surface area (TPSA) is 157 Å². The number of amides is 5. The molecule has 5 amide bonds. The maximum absolute atomic E-state index is 13.0. The lowest BCUT2D eigenvalue weighted by Crippen LogP contribution is -2.54. The van der Waals surface area contributed by atoms with E-state index in [1.807, 2.05) is 5.32 Å². The lowest BCUT2D eigenvalue weighted by molar-refractivity contribution is -0.384. The van der Waals surface area contributed by atoms with Crippen molar-refractivity contribution in [1.29, 1.82) is 0 Å². The minimum Gasteiger partial charge on any atom is -0.497 e. The van der Waals surface area contributed by atoms with Gasteiger partial charge in [-0.3, -0.25) is 29.8 Å². The van der Waals surface area contributed by atoms with Crippen LogP contribution in [0.4, 0.5) is 21.9 Å². The van der Waals surface area contributed by atoms with Gasteiger partial charge >= 0.3 is 6.03 Å². The van der Waals surface area contributed by atoms with E-state index >= 15 is 0 Å². The molecule has 0 bridgehead atoms. The number of ether oxygens (including phenoxy) is 2. The zero-order chi connectivity index (χ0) is 28.1. The smallest absolute Gasteiger partial charge is 0.335 e. The number of nitrogens with zero attached hydrogens (tertiary/aromatic N) is 2. The van der Waals surface area contributed by atoms with E-state index in [2.05, 4.69) is 5.32 Å². The van der Waals surface area contributed by atoms with Gasteiger partial charge in [0.2, 0.25) is 0 Å². The summed E-state index contributed by atoms with van der Waals surface area (Å²) in [5.41, 5.74) is 0.0486. The van der Waals surface area contributed by atoms with E-state index in [1.54, 1.807) is 24.3 Å². The van der Waals surface area contributed by atoms with Crippen LogP contribution in [0.25, 0.3) is 6.08 Å². The Morgan fingerprint density at radius 2 is 1.85 bits per heavy atom. The predicted octanol–water partition coefficient (Wildman–Crippen LogP) is 3.94. The number of hydrogen-bond donors (Lipinski definition) is 2. The monoisotopic (exact) mass is 550 g/mol. The van der Waals surface area contributed by atoms with Gasteiger partial charge in [-0.15, -0.1) is 0 Å². The summed E-state index contributed by atoms with van der Waals surface area (Å²) in [6, 6.07) is 14.9. The quantitative estimate of drug-likeness (QED) is 0.185. The van der Waals surface area contributed by atoms with Gasteiger partial charge < -0.3 is 14.8 Å². The summed E-state index contributed by atoms with van der Waals surface area (Å²) >= 11 is 6.28. The second-order valence-corrected chi connectivity index (χ2v) is 8.40. The third-order valence-electron chi connectivity index (χ3n) is 5.40. The molecule has 1 aliphatic rings. The van der Waals surface area contributed by atoms with Crippen LogP contribution in [0.5, 0.6) is 11.5 Å². The fourth-order valence-corrected chi connectivity index (χ4v) is 3.79. The van der Waals surface area contributed by atoms with Crippen molar-refractivity contribution in [2.45, 2.75) is 0 Å². The zero-order valence-electron chi connectivity index (χ0n) is 20.2. The van der Waals surface area contributed by atoms with Gasteiger partial charge in [0.15, 0.2) is 6.61 Å². The first-order valence-electron chi connectivity index (χ1n) is 11.2. The average molecular weight is 551 g/mol. The number of urea groups is 1. The molecule has 0 unspecified atom stereocenters. The molecule has 39 heavy (non-hydrogen) atoms. The van der Waals surface area contributed by atoms with Gasteiger partial charge in [0.05, 0.1) is 22.7 Å². The number of barbiturate groups is 1. The molecular formula is C26H19ClN4O8. The van der Waals surface area contributed by atoms with Gasteiger partial charge in [-0.2, -0.15) is 0 Å². The second kappa shape index (κ2) is 11.4. The van der Waals surface area contributed by atoms with Crippen molar-refractivity contribution in [2.24, 2.45) is 0 Å². The molecular weight excluding hydrogens is 532 g/mol. The molecule has 0 atom stereocenters. The molecule has 1 heterocycles. The maximum atomic E-state index is 13.0. The second-order valence-electron chi connectivity index (χ2n) is 7.99. The zero-order valence-corrected chi connectivity index (χ0v) is 20.9. The number of imide groups is 2. The Morgan fingerprint density at radius 1 is 1.10 bits per heavy atom. The van der Waals surface area contributed by atoms with Crippen molar-refractivity contribution < 1.29 is 33.6 Å². The minimum absolute atomic E-state index is 0.0835. The summed E-state index contributed by atoms with van der Waals surface area (Å²) < 4.78 is 10.5. The average Bonchev–Trinajstić information content (AvgIpc) is 2.91. The highest BCUT2D eigenvalue weighted by molar-refractivity contribution is 6.39. The Morgan fingerprint density at radius 3 is 2.51 bits per heavy atom. The Balaban J connectivity index is 1.47. The highest BCUT2D eigenvalue weighted by Gasteiger charge is 2.37. The van der Waals surface area contributed by atoms with Crippen molar-refractivity contribution in [2.75, 3.05) is 23.9 Å². The van der Waals surface area contributed by atoms with E-state index in [0.717, 1.165) is 6.07 Å². The number of methoxy groups -OCH3 is 1. The Hall–Kier alpha value is -5.23. The number of nitro benzene ring substituents is 1. The Labute approximate surface area is 225 Å². The Kier molecular flexibility index (Phi) is 7.87. The number of anilines is 2. The molecule has 0 saturated carbocycles. The van der Waals surface area contributed by atoms with Gasteiger partial charge in [0.25, 0.3) is 23.4 Å². The van der Waals surface area contributed by atoms with Gasteiger partial charge in [0.1, 0.15) is 17.1 Å². The van der Waals surface area contributed by atoms with E-state index in [1.165, 1.54) is 49.6 Å². The van der Waals surface area contributed by atoms with Crippen LogP contribution in [-0.4, -0.2) is 42.4 Å². The number of nitro groups is 1. The van der Waals surface area contributed by atoms with Gasteiger partial charge in [-0.25, -0.2) is 9.69 Å². The molecule has 2 N–H and O–H groups in total. The van der Waals surface area contributed by atoms with E-state index in [-0.39, 0.29) is 28.8 Å². The standard InChI is InChI=1S/C26H19ClN4O8/c1-38-19-8-6-16(7-9-19)28-23(32)14-39-22-10-5-15(12-21(22)27)11-20-24(33)29-26(35)30(25(20)34)17-3-2-4-18(13-17)31(36)37/h2-13H,14H2,1H3,(H,28,32)(H,29,33,35)/b20-11-. The van der Waals surface area contributed by atoms with Crippen LogP contribution in [0.2, 0.25) is 5.02 Å². The number of carbonyl (C=O) groups excluding carboxylic acids is 4. The number of non-ortho nitro benzene ring substituents is 1. The molecule has 4 rings (SSSR count). The summed E-state index contributed by atoms with van der Waals surface area (Å²) in [5, 5.41) is 15.9. The minimum atomic E-state index is -1.04. The van der Waals surface area contributed by atoms with E-state index in [0.29, 0.717) is 21.9 Å². The first-order valence-corrected chi connectivity index (χ1v) is 11.6. The first-order chi connectivity index (χ1) is 18.7. The summed E-state index contributed by atoms with van der Waals surface area (Å²) in [4.78, 5) is 61.1. The van der Waals surface area contributed by atoms with Crippen LogP contribution in [0.15, 0.2) is 72.3 Å². The molecule has 3 aromatic rings. The van der Waals surface area contributed by atoms with Gasteiger partial charge in [-0.05, 0) is 54.1 Å². The van der Waals surface area contributed by atoms with Crippen molar-refractivity contribution in [3.63, 3.8) is 0 Å². The third kappa shape index (κ3) is 6.19. The van der Waals surface area contributed by atoms with Crippen LogP contribution in [0.3, 0.4) is 0 Å². The number of rotatable bonds is 8. The van der Waals surface area contributed by atoms with Crippen molar-refractivity contribution in [1.82, 2.24) is 5.32 Å². The number of nitrogens with one attached hydrogen (secondary N) is 2. The molecule has 1 fully saturated rings. The molecule has 0 aliphatic carbocycles. The van der Waals surface area contributed by atoms with E-state index in [4.69, 9.17) is 21.1 Å². The molecule has 198 valence electrons. The first kappa shape index (κ1) is 26.8. The van der Waals surface area contributed by atoms with Crippen LogP contribution in [-0.2, 0) is 14.4 Å². The van der Waals surface area contributed by atoms with Gasteiger partial charge in [0, 0.05) is 17.8 Å². The molecule has 1 saturated heterocycles. The summed E-state index contributed by atoms with van der Waals surface area (Å²) in [5.74, 6) is -1.54.